The van der Waals surface area contributed by atoms with Crippen molar-refractivity contribution in [3.05, 3.63) is 40.0 Å². The molecule has 2 N–H and O–H groups in total. The summed E-state index contributed by atoms with van der Waals surface area (Å²) in [6.07, 6.45) is 6.09. The number of nitrogens with one attached hydrogen (secondary N) is 2. The molecule has 0 amide bonds. The fourth-order valence-corrected chi connectivity index (χ4v) is 5.53. The van der Waals surface area contributed by atoms with Crippen LogP contribution in [-0.2, 0) is 10.0 Å². The molecule has 4 bridgehead atoms. The van der Waals surface area contributed by atoms with Gasteiger partial charge in [-0.1, -0.05) is 15.9 Å². The zero-order chi connectivity index (χ0) is 15.3. The third kappa shape index (κ3) is 2.61. The molecule has 22 heavy (non-hydrogen) atoms. The molecule has 0 heterocycles. The van der Waals surface area contributed by atoms with Gasteiger partial charge < -0.3 is 5.43 Å². The molecule has 0 spiro atoms. The van der Waals surface area contributed by atoms with Gasteiger partial charge in [0.25, 0.3) is 10.0 Å². The predicted octanol–water partition coefficient (Wildman–Crippen LogP) is 3.33. The van der Waals surface area contributed by atoms with Gasteiger partial charge in [0.05, 0.1) is 4.90 Å². The van der Waals surface area contributed by atoms with Gasteiger partial charge in [0, 0.05) is 16.1 Å². The van der Waals surface area contributed by atoms with Crippen LogP contribution in [0.5, 0.6) is 0 Å². The molecule has 0 saturated heterocycles. The van der Waals surface area contributed by atoms with Crippen LogP contribution in [0.25, 0.3) is 0 Å². The topological polar surface area (TPSA) is 58.2 Å². The molecule has 6 heteroatoms. The van der Waals surface area contributed by atoms with E-state index in [2.05, 4.69) is 26.2 Å². The van der Waals surface area contributed by atoms with Crippen LogP contribution in [0.1, 0.15) is 32.1 Å². The molecule has 0 aromatic heterocycles. The molecule has 4 aliphatic rings. The lowest BCUT2D eigenvalue weighted by Crippen LogP contribution is -2.45. The van der Waals surface area contributed by atoms with E-state index in [1.807, 2.05) is 0 Å². The van der Waals surface area contributed by atoms with Crippen LogP contribution in [0.4, 0.5) is 0 Å². The summed E-state index contributed by atoms with van der Waals surface area (Å²) in [5, 5.41) is 0. The molecule has 5 rings (SSSR count). The van der Waals surface area contributed by atoms with E-state index in [1.54, 1.807) is 24.3 Å². The summed E-state index contributed by atoms with van der Waals surface area (Å²) in [7, 11) is -3.53. The van der Waals surface area contributed by atoms with E-state index in [4.69, 9.17) is 0 Å². The number of hydrogen-bond acceptors (Lipinski definition) is 3. The number of sulfonamides is 1. The standard InChI is InChI=1S/C16H19BrN2O2S/c17-14-1-3-15(4-2-14)22(20,21)19-18-16-12-6-10-5-11(8-12)9-13(16)7-10/h1-4,10-12,18-19H,5-9H2/t10-,11+,12?. The Morgan fingerprint density at radius 3 is 2.23 bits per heavy atom. The van der Waals surface area contributed by atoms with Gasteiger partial charge >= 0.3 is 0 Å². The van der Waals surface area contributed by atoms with Gasteiger partial charge in [0.15, 0.2) is 0 Å². The van der Waals surface area contributed by atoms with Crippen LogP contribution in [0.15, 0.2) is 44.9 Å². The van der Waals surface area contributed by atoms with Crippen molar-refractivity contribution in [3.8, 4) is 0 Å². The first-order chi connectivity index (χ1) is 10.5. The molecule has 1 unspecified atom stereocenters. The van der Waals surface area contributed by atoms with Crippen LogP contribution in [0.3, 0.4) is 0 Å². The second-order valence-electron chi connectivity index (χ2n) is 6.75. The van der Waals surface area contributed by atoms with Gasteiger partial charge in [-0.05, 0) is 73.8 Å². The number of halogens is 1. The van der Waals surface area contributed by atoms with E-state index < -0.39 is 10.0 Å². The van der Waals surface area contributed by atoms with Crippen LogP contribution >= 0.6 is 15.9 Å². The summed E-state index contributed by atoms with van der Waals surface area (Å²) >= 11 is 3.32. The Balaban J connectivity index is 1.52. The van der Waals surface area contributed by atoms with E-state index in [0.29, 0.717) is 5.92 Å². The van der Waals surface area contributed by atoms with Crippen LogP contribution in [-0.4, -0.2) is 8.42 Å². The van der Waals surface area contributed by atoms with Crippen LogP contribution in [0.2, 0.25) is 0 Å². The summed E-state index contributed by atoms with van der Waals surface area (Å²) in [5.41, 5.74) is 5.64. The predicted molar refractivity (Wildman–Crippen MR) is 88.2 cm³/mol. The highest BCUT2D eigenvalue weighted by atomic mass is 79.9. The molecule has 1 aromatic rings. The Morgan fingerprint density at radius 1 is 1.00 bits per heavy atom. The van der Waals surface area contributed by atoms with Crippen molar-refractivity contribution in [2.24, 2.45) is 17.8 Å². The average molecular weight is 383 g/mol. The highest BCUT2D eigenvalue weighted by Crippen LogP contribution is 2.52. The van der Waals surface area contributed by atoms with Crippen molar-refractivity contribution in [1.82, 2.24) is 10.3 Å². The lowest BCUT2D eigenvalue weighted by molar-refractivity contribution is 0.149. The number of rotatable bonds is 4. The SMILES string of the molecule is O=S(=O)(NNC1=C2C[C@@H]3CC1C[C@H](C2)C3)c1ccc(Br)cc1. The summed E-state index contributed by atoms with van der Waals surface area (Å²) in [4.78, 5) is 2.85. The largest absolute Gasteiger partial charge is 0.312 e. The third-order valence-corrected chi connectivity index (χ3v) is 7.00. The van der Waals surface area contributed by atoms with E-state index in [9.17, 15) is 8.42 Å². The van der Waals surface area contributed by atoms with Crippen molar-refractivity contribution in [1.29, 1.82) is 0 Å². The highest BCUT2D eigenvalue weighted by molar-refractivity contribution is 9.10. The molecule has 0 radical (unpaired) electrons. The van der Waals surface area contributed by atoms with Gasteiger partial charge in [-0.3, -0.25) is 0 Å². The number of hydrazine groups is 1. The molecule has 118 valence electrons. The third-order valence-electron chi connectivity index (χ3n) is 5.21. The summed E-state index contributed by atoms with van der Waals surface area (Å²) in [6.45, 7) is 0. The normalized spacial score (nSPS) is 30.0. The first kappa shape index (κ1) is 14.7. The minimum atomic E-state index is -3.53. The zero-order valence-electron chi connectivity index (χ0n) is 12.2. The second-order valence-corrected chi connectivity index (χ2v) is 9.34. The monoisotopic (exact) mass is 382 g/mol. The van der Waals surface area contributed by atoms with Crippen LogP contribution < -0.4 is 10.3 Å². The Morgan fingerprint density at radius 2 is 1.64 bits per heavy atom. The Bertz CT molecular complexity index is 711. The lowest BCUT2D eigenvalue weighted by atomic mass is 9.60. The molecular formula is C16H19BrN2O2S. The quantitative estimate of drug-likeness (QED) is 0.785. The number of hydrogen-bond donors (Lipinski definition) is 2. The molecular weight excluding hydrogens is 364 g/mol. The molecule has 2 fully saturated rings. The lowest BCUT2D eigenvalue weighted by Gasteiger charge is -2.47. The fourth-order valence-electron chi connectivity index (χ4n) is 4.41. The summed E-state index contributed by atoms with van der Waals surface area (Å²) in [6, 6.07) is 6.67. The van der Waals surface area contributed by atoms with Gasteiger partial charge in [0.1, 0.15) is 0 Å². The molecule has 4 aliphatic carbocycles. The van der Waals surface area contributed by atoms with Gasteiger partial charge in [-0.2, -0.15) is 0 Å². The van der Waals surface area contributed by atoms with Crippen molar-refractivity contribution in [2.75, 3.05) is 0 Å². The number of allylic oxidation sites excluding steroid dienone is 2. The fraction of sp³-hybridized carbons (Fsp3) is 0.500. The van der Waals surface area contributed by atoms with E-state index in [0.717, 1.165) is 34.8 Å². The van der Waals surface area contributed by atoms with Gasteiger partial charge in [0.2, 0.25) is 0 Å². The Labute approximate surface area is 139 Å². The minimum Gasteiger partial charge on any atom is -0.312 e. The van der Waals surface area contributed by atoms with E-state index in [-0.39, 0.29) is 4.90 Å². The average Bonchev–Trinajstić information content (AvgIpc) is 2.46. The maximum Gasteiger partial charge on any atom is 0.257 e. The zero-order valence-corrected chi connectivity index (χ0v) is 14.6. The molecule has 3 atom stereocenters. The van der Waals surface area contributed by atoms with Crippen molar-refractivity contribution in [2.45, 2.75) is 37.0 Å². The minimum absolute atomic E-state index is 0.276. The smallest absolute Gasteiger partial charge is 0.257 e. The van der Waals surface area contributed by atoms with Crippen molar-refractivity contribution < 1.29 is 8.42 Å². The number of benzene rings is 1. The Kier molecular flexibility index (Phi) is 3.58. The maximum atomic E-state index is 12.4. The van der Waals surface area contributed by atoms with E-state index in [1.165, 1.54) is 24.8 Å². The highest BCUT2D eigenvalue weighted by Gasteiger charge is 2.42. The van der Waals surface area contributed by atoms with E-state index >= 15 is 0 Å². The summed E-state index contributed by atoms with van der Waals surface area (Å²) < 4.78 is 25.6. The first-order valence-electron chi connectivity index (χ1n) is 7.76. The van der Waals surface area contributed by atoms with Gasteiger partial charge in [-0.25, -0.2) is 8.42 Å². The molecule has 1 aromatic carbocycles. The molecule has 2 saturated carbocycles. The molecule has 4 nitrogen and oxygen atoms in total. The Hall–Kier alpha value is -0.850. The van der Waals surface area contributed by atoms with Crippen LogP contribution in [0, 0.1) is 17.8 Å². The van der Waals surface area contributed by atoms with Crippen molar-refractivity contribution in [3.63, 3.8) is 0 Å². The first-order valence-corrected chi connectivity index (χ1v) is 10.0. The second kappa shape index (κ2) is 5.35. The summed E-state index contributed by atoms with van der Waals surface area (Å²) in [5.74, 6) is 2.19. The van der Waals surface area contributed by atoms with Crippen molar-refractivity contribution >= 4 is 26.0 Å². The maximum absolute atomic E-state index is 12.4. The van der Waals surface area contributed by atoms with Gasteiger partial charge in [-0.15, -0.1) is 4.83 Å². The molecule has 0 aliphatic heterocycles.